The van der Waals surface area contributed by atoms with Crippen molar-refractivity contribution in [3.8, 4) is 39.7 Å². The van der Waals surface area contributed by atoms with Crippen LogP contribution in [0.15, 0.2) is 47.5 Å². The average Bonchev–Trinajstić information content (AvgIpc) is 3.48. The topological polar surface area (TPSA) is 158 Å². The zero-order chi connectivity index (χ0) is 28.6. The van der Waals surface area contributed by atoms with E-state index in [9.17, 15) is 13.5 Å². The first kappa shape index (κ1) is 27.4. The van der Waals surface area contributed by atoms with Crippen LogP contribution < -0.4 is 10.1 Å². The molecular weight excluding hydrogens is 534 g/mol. The summed E-state index contributed by atoms with van der Waals surface area (Å²) in [6.07, 6.45) is 4.83. The SMILES string of the molecule is CNCC(O)COc1cccc(-c2nc(-c3c(C)noc3C)c(C)c(-c3cn(S(C)(=O)=O)c4ncncc34)n2)c1. The molecule has 1 unspecified atom stereocenters. The van der Waals surface area contributed by atoms with Gasteiger partial charge in [0.05, 0.1) is 28.9 Å². The number of likely N-dealkylation sites (N-methyl/N-ethyl adjacent to an activating group) is 1. The molecule has 1 aromatic carbocycles. The van der Waals surface area contributed by atoms with Gasteiger partial charge in [0.15, 0.2) is 11.5 Å². The number of ether oxygens (including phenoxy) is 1. The summed E-state index contributed by atoms with van der Waals surface area (Å²) in [5.74, 6) is 1.52. The van der Waals surface area contributed by atoms with Gasteiger partial charge in [-0.05, 0) is 40.0 Å². The van der Waals surface area contributed by atoms with Crippen LogP contribution in [0.25, 0.3) is 44.9 Å². The van der Waals surface area contributed by atoms with Crippen LogP contribution in [0.3, 0.4) is 0 Å². The van der Waals surface area contributed by atoms with E-state index >= 15 is 0 Å². The highest BCUT2D eigenvalue weighted by atomic mass is 32.2. The van der Waals surface area contributed by atoms with Crippen LogP contribution in [-0.4, -0.2) is 75.1 Å². The molecule has 13 heteroatoms. The van der Waals surface area contributed by atoms with Crippen molar-refractivity contribution in [1.29, 1.82) is 0 Å². The molecule has 2 N–H and O–H groups in total. The van der Waals surface area contributed by atoms with Crippen molar-refractivity contribution in [2.75, 3.05) is 26.5 Å². The van der Waals surface area contributed by atoms with E-state index in [1.165, 1.54) is 12.5 Å². The molecule has 1 atom stereocenters. The number of hydrogen-bond donors (Lipinski definition) is 2. The Hall–Kier alpha value is -4.20. The van der Waals surface area contributed by atoms with Crippen molar-refractivity contribution in [1.82, 2.24) is 34.4 Å². The van der Waals surface area contributed by atoms with Gasteiger partial charge in [0, 0.05) is 41.0 Å². The van der Waals surface area contributed by atoms with Crippen molar-refractivity contribution in [2.24, 2.45) is 0 Å². The molecule has 0 spiro atoms. The van der Waals surface area contributed by atoms with Gasteiger partial charge in [0.2, 0.25) is 10.0 Å². The number of aliphatic hydroxyl groups is 1. The van der Waals surface area contributed by atoms with E-state index in [1.54, 1.807) is 25.4 Å². The van der Waals surface area contributed by atoms with E-state index in [2.05, 4.69) is 20.4 Å². The summed E-state index contributed by atoms with van der Waals surface area (Å²) in [7, 11) is -1.91. The molecule has 0 saturated heterocycles. The summed E-state index contributed by atoms with van der Waals surface area (Å²) in [4.78, 5) is 18.2. The fraction of sp³-hybridized carbons (Fsp3) is 0.296. The molecule has 4 heterocycles. The molecule has 0 saturated carbocycles. The predicted molar refractivity (Wildman–Crippen MR) is 149 cm³/mol. The zero-order valence-corrected chi connectivity index (χ0v) is 23.5. The summed E-state index contributed by atoms with van der Waals surface area (Å²) in [6.45, 7) is 6.03. The lowest BCUT2D eigenvalue weighted by Gasteiger charge is -2.14. The quantitative estimate of drug-likeness (QED) is 0.272. The van der Waals surface area contributed by atoms with Gasteiger partial charge >= 0.3 is 0 Å². The average molecular weight is 564 g/mol. The van der Waals surface area contributed by atoms with Gasteiger partial charge in [-0.3, -0.25) is 0 Å². The molecule has 5 aromatic rings. The largest absolute Gasteiger partial charge is 0.491 e. The molecular formula is C27H29N7O5S. The maximum Gasteiger partial charge on any atom is 0.237 e. The zero-order valence-electron chi connectivity index (χ0n) is 22.7. The van der Waals surface area contributed by atoms with Gasteiger partial charge in [0.1, 0.15) is 30.5 Å². The fourth-order valence-electron chi connectivity index (χ4n) is 4.56. The standard InChI is InChI=1S/C27H29N7O5S/c1-15-24(22-12-34(40(5,36)37)27-21(22)11-29-14-30-27)31-26(32-25(15)23-16(2)33-39-17(23)3)18-7-6-8-20(9-18)38-13-19(35)10-28-4/h6-9,11-12,14,19,28,35H,10,13H2,1-5H3. The summed E-state index contributed by atoms with van der Waals surface area (Å²) in [5, 5.41) is 17.6. The van der Waals surface area contributed by atoms with E-state index < -0.39 is 16.1 Å². The van der Waals surface area contributed by atoms with Crippen LogP contribution in [-0.2, 0) is 10.0 Å². The van der Waals surface area contributed by atoms with E-state index in [4.69, 9.17) is 19.2 Å². The Morgan fingerprint density at radius 1 is 1.18 bits per heavy atom. The van der Waals surface area contributed by atoms with Crippen molar-refractivity contribution >= 4 is 21.1 Å². The molecule has 208 valence electrons. The van der Waals surface area contributed by atoms with E-state index in [1.807, 2.05) is 32.9 Å². The second-order valence-electron chi connectivity index (χ2n) is 9.48. The Kier molecular flexibility index (Phi) is 7.36. The number of aryl methyl sites for hydroxylation is 2. The van der Waals surface area contributed by atoms with E-state index in [0.29, 0.717) is 63.0 Å². The molecule has 12 nitrogen and oxygen atoms in total. The van der Waals surface area contributed by atoms with Crippen molar-refractivity contribution < 1.29 is 22.8 Å². The Morgan fingerprint density at radius 2 is 1.95 bits per heavy atom. The Morgan fingerprint density at radius 3 is 2.65 bits per heavy atom. The molecule has 0 aliphatic carbocycles. The molecule has 0 bridgehead atoms. The molecule has 0 fully saturated rings. The van der Waals surface area contributed by atoms with E-state index in [0.717, 1.165) is 15.8 Å². The monoisotopic (exact) mass is 563 g/mol. The van der Waals surface area contributed by atoms with E-state index in [-0.39, 0.29) is 12.3 Å². The van der Waals surface area contributed by atoms with Gasteiger partial charge < -0.3 is 19.7 Å². The number of fused-ring (bicyclic) bond motifs is 1. The highest BCUT2D eigenvalue weighted by molar-refractivity contribution is 7.89. The van der Waals surface area contributed by atoms with Crippen molar-refractivity contribution in [3.05, 3.63) is 60.0 Å². The first-order valence-electron chi connectivity index (χ1n) is 12.5. The summed E-state index contributed by atoms with van der Waals surface area (Å²) in [6, 6.07) is 7.25. The van der Waals surface area contributed by atoms with Crippen molar-refractivity contribution in [3.63, 3.8) is 0 Å². The van der Waals surface area contributed by atoms with Crippen LogP contribution in [0.5, 0.6) is 5.75 Å². The van der Waals surface area contributed by atoms with Gasteiger partial charge in [0.25, 0.3) is 0 Å². The minimum Gasteiger partial charge on any atom is -0.491 e. The van der Waals surface area contributed by atoms with Crippen molar-refractivity contribution in [2.45, 2.75) is 26.9 Å². The third kappa shape index (κ3) is 5.18. The Bertz CT molecular complexity index is 1790. The number of aliphatic hydroxyl groups excluding tert-OH is 1. The highest BCUT2D eigenvalue weighted by Gasteiger charge is 2.25. The maximum absolute atomic E-state index is 12.6. The highest BCUT2D eigenvalue weighted by Crippen LogP contribution is 2.38. The number of benzene rings is 1. The second-order valence-corrected chi connectivity index (χ2v) is 11.3. The number of rotatable bonds is 9. The van der Waals surface area contributed by atoms with Gasteiger partial charge in [-0.2, -0.15) is 0 Å². The minimum atomic E-state index is -3.67. The molecule has 40 heavy (non-hydrogen) atoms. The Labute approximate surface area is 231 Å². The maximum atomic E-state index is 12.6. The number of nitrogens with zero attached hydrogens (tertiary/aromatic N) is 6. The smallest absolute Gasteiger partial charge is 0.237 e. The first-order valence-corrected chi connectivity index (χ1v) is 14.3. The number of nitrogens with one attached hydrogen (secondary N) is 1. The molecule has 0 radical (unpaired) electrons. The van der Waals surface area contributed by atoms with Crippen LogP contribution in [0, 0.1) is 20.8 Å². The minimum absolute atomic E-state index is 0.111. The van der Waals surface area contributed by atoms with Gasteiger partial charge in [-0.1, -0.05) is 17.3 Å². The lowest BCUT2D eigenvalue weighted by molar-refractivity contribution is 0.108. The summed E-state index contributed by atoms with van der Waals surface area (Å²) >= 11 is 0. The second kappa shape index (κ2) is 10.8. The lowest BCUT2D eigenvalue weighted by Crippen LogP contribution is -2.29. The molecule has 4 aromatic heterocycles. The Balaban J connectivity index is 1.73. The summed E-state index contributed by atoms with van der Waals surface area (Å²) < 4.78 is 37.6. The third-order valence-corrected chi connectivity index (χ3v) is 7.43. The molecule has 0 aliphatic rings. The van der Waals surface area contributed by atoms with Crippen LogP contribution in [0.2, 0.25) is 0 Å². The fourth-order valence-corrected chi connectivity index (χ4v) is 5.32. The van der Waals surface area contributed by atoms with Crippen LogP contribution >= 0.6 is 0 Å². The number of hydrogen-bond acceptors (Lipinski definition) is 11. The molecule has 5 rings (SSSR count). The normalized spacial score (nSPS) is 12.7. The predicted octanol–water partition coefficient (Wildman–Crippen LogP) is 2.90. The lowest BCUT2D eigenvalue weighted by atomic mass is 10.00. The third-order valence-electron chi connectivity index (χ3n) is 6.44. The summed E-state index contributed by atoms with van der Waals surface area (Å²) in [5.41, 5.74) is 4.67. The van der Waals surface area contributed by atoms with Gasteiger partial charge in [-0.25, -0.2) is 32.3 Å². The first-order chi connectivity index (χ1) is 19.1. The molecule has 0 aliphatic heterocycles. The van der Waals surface area contributed by atoms with Gasteiger partial charge in [-0.15, -0.1) is 0 Å². The molecule has 0 amide bonds. The van der Waals surface area contributed by atoms with Crippen LogP contribution in [0.1, 0.15) is 17.0 Å². The van der Waals surface area contributed by atoms with Crippen LogP contribution in [0.4, 0.5) is 0 Å². The number of aromatic nitrogens is 6.